The minimum Gasteiger partial charge on any atom is -0.497 e. The van der Waals surface area contributed by atoms with Crippen LogP contribution in [0.1, 0.15) is 33.1 Å². The third kappa shape index (κ3) is 3.40. The van der Waals surface area contributed by atoms with Crippen LogP contribution >= 0.6 is 24.2 Å². The normalized spacial score (nSPS) is 22.4. The molecule has 0 saturated heterocycles. The Bertz CT molecular complexity index is 990. The van der Waals surface area contributed by atoms with E-state index < -0.39 is 0 Å². The molecule has 6 heteroatoms. The van der Waals surface area contributed by atoms with E-state index in [1.54, 1.807) is 7.11 Å². The summed E-state index contributed by atoms with van der Waals surface area (Å²) in [5.74, 6) is 3.33. The zero-order valence-corrected chi connectivity index (χ0v) is 18.6. The molecule has 0 radical (unpaired) electrons. The second-order valence-electron chi connectivity index (χ2n) is 7.69. The number of methoxy groups -OCH3 is 1. The first kappa shape index (κ1) is 20.2. The van der Waals surface area contributed by atoms with Crippen LogP contribution in [0, 0.1) is 0 Å². The summed E-state index contributed by atoms with van der Waals surface area (Å²) < 4.78 is 5.55. The molecule has 2 atom stereocenters. The van der Waals surface area contributed by atoms with Crippen molar-refractivity contribution in [1.29, 1.82) is 0 Å². The van der Waals surface area contributed by atoms with Gasteiger partial charge in [0.25, 0.3) is 0 Å². The number of hydrogen-bond acceptors (Lipinski definition) is 5. The number of hydrogen-bond donors (Lipinski definition) is 0. The lowest BCUT2D eigenvalue weighted by atomic mass is 10.2. The van der Waals surface area contributed by atoms with Gasteiger partial charge in [0, 0.05) is 34.4 Å². The molecule has 3 heterocycles. The molecule has 152 valence electrons. The van der Waals surface area contributed by atoms with E-state index in [1.807, 2.05) is 17.8 Å². The van der Waals surface area contributed by atoms with Crippen molar-refractivity contribution in [2.45, 2.75) is 55.0 Å². The zero-order valence-electron chi connectivity index (χ0n) is 17.0. The summed E-state index contributed by atoms with van der Waals surface area (Å²) >= 11 is 1.83. The molecule has 2 unspecified atom stereocenters. The Labute approximate surface area is 183 Å². The van der Waals surface area contributed by atoms with Gasteiger partial charge in [-0.25, -0.2) is 0 Å². The molecule has 0 saturated carbocycles. The number of nitrogens with zero attached hydrogens (tertiary/aromatic N) is 3. The molecule has 2 aromatic carbocycles. The third-order valence-electron chi connectivity index (χ3n) is 5.72. The van der Waals surface area contributed by atoms with Crippen LogP contribution in [0.3, 0.4) is 0 Å². The number of ether oxygens (including phenoxy) is 1. The predicted octanol–water partition coefficient (Wildman–Crippen LogP) is 6.24. The fourth-order valence-corrected chi connectivity index (χ4v) is 5.34. The van der Waals surface area contributed by atoms with Crippen LogP contribution in [0.5, 0.6) is 5.75 Å². The van der Waals surface area contributed by atoms with Crippen molar-refractivity contribution in [3.8, 4) is 5.75 Å². The van der Waals surface area contributed by atoms with Crippen molar-refractivity contribution in [1.82, 2.24) is 4.90 Å². The zero-order chi connectivity index (χ0) is 19.3. The average Bonchev–Trinajstić information content (AvgIpc) is 3.30. The maximum Gasteiger partial charge on any atom is 0.121 e. The van der Waals surface area contributed by atoms with E-state index in [9.17, 15) is 0 Å². The smallest absolute Gasteiger partial charge is 0.121 e. The Morgan fingerprint density at radius 2 is 1.86 bits per heavy atom. The number of anilines is 2. The summed E-state index contributed by atoms with van der Waals surface area (Å²) in [6, 6.07) is 15.9. The Morgan fingerprint density at radius 3 is 2.62 bits per heavy atom. The van der Waals surface area contributed by atoms with Gasteiger partial charge in [-0.15, -0.1) is 12.4 Å². The van der Waals surface area contributed by atoms with E-state index in [1.165, 1.54) is 32.8 Å². The topological polar surface area (TPSA) is 28.1 Å². The highest BCUT2D eigenvalue weighted by atomic mass is 35.5. The van der Waals surface area contributed by atoms with Gasteiger partial charge in [0.15, 0.2) is 0 Å². The van der Waals surface area contributed by atoms with Gasteiger partial charge >= 0.3 is 0 Å². The van der Waals surface area contributed by atoms with Gasteiger partial charge < -0.3 is 9.64 Å². The van der Waals surface area contributed by atoms with Gasteiger partial charge in [0.05, 0.1) is 18.5 Å². The number of fused-ring (bicyclic) bond motifs is 2. The van der Waals surface area contributed by atoms with Crippen LogP contribution in [-0.4, -0.2) is 29.9 Å². The van der Waals surface area contributed by atoms with Crippen LogP contribution < -0.4 is 9.64 Å². The quantitative estimate of drug-likeness (QED) is 0.567. The van der Waals surface area contributed by atoms with Gasteiger partial charge in [-0.1, -0.05) is 23.9 Å². The van der Waals surface area contributed by atoms with E-state index in [0.29, 0.717) is 12.1 Å². The second-order valence-corrected chi connectivity index (χ2v) is 8.77. The summed E-state index contributed by atoms with van der Waals surface area (Å²) in [6.07, 6.45) is 5.60. The Balaban J connectivity index is 0.00000205. The fourth-order valence-electron chi connectivity index (χ4n) is 4.30. The number of amidine groups is 1. The molecule has 0 fully saturated rings. The molecule has 0 amide bonds. The monoisotopic (exact) mass is 427 g/mol. The lowest BCUT2D eigenvalue weighted by Crippen LogP contribution is -2.39. The maximum atomic E-state index is 5.55. The molecular weight excluding hydrogens is 402 g/mol. The number of rotatable bonds is 2. The van der Waals surface area contributed by atoms with Crippen molar-refractivity contribution in [3.63, 3.8) is 0 Å². The van der Waals surface area contributed by atoms with Crippen molar-refractivity contribution in [2.24, 2.45) is 4.99 Å². The minimum atomic E-state index is 0. The Hall–Kier alpha value is -2.11. The van der Waals surface area contributed by atoms with Crippen LogP contribution in [-0.2, 0) is 0 Å². The van der Waals surface area contributed by atoms with Crippen LogP contribution in [0.2, 0.25) is 0 Å². The first-order valence-electron chi connectivity index (χ1n) is 9.97. The highest BCUT2D eigenvalue weighted by Crippen LogP contribution is 2.52. The van der Waals surface area contributed by atoms with Crippen LogP contribution in [0.4, 0.5) is 11.4 Å². The number of aliphatic imine (C=N–C) groups is 1. The fraction of sp³-hybridized carbons (Fsp3) is 0.348. The summed E-state index contributed by atoms with van der Waals surface area (Å²) in [4.78, 5) is 12.3. The van der Waals surface area contributed by atoms with Crippen molar-refractivity contribution < 1.29 is 4.74 Å². The Morgan fingerprint density at radius 1 is 1.07 bits per heavy atom. The maximum absolute atomic E-state index is 5.55. The highest BCUT2D eigenvalue weighted by molar-refractivity contribution is 7.99. The number of para-hydroxylation sites is 1. The molecule has 2 aromatic rings. The molecule has 0 bridgehead atoms. The summed E-state index contributed by atoms with van der Waals surface area (Å²) in [6.45, 7) is 4.51. The van der Waals surface area contributed by atoms with E-state index in [2.05, 4.69) is 66.1 Å². The van der Waals surface area contributed by atoms with Gasteiger partial charge in [-0.2, -0.15) is 0 Å². The van der Waals surface area contributed by atoms with E-state index in [-0.39, 0.29) is 12.4 Å². The lowest BCUT2D eigenvalue weighted by molar-refractivity contribution is 0.413. The second kappa shape index (κ2) is 7.96. The standard InChI is InChI=1S/C23H25N3OS.ClH/c1-15-8-12-22(24-15)25-16(2)9-13-23(25)26-18-6-4-5-7-20(18)28-21-11-10-17(27-3)14-19(21)26;/h4-7,10-11,13-16H,8-9,12H2,1-3H3;1H. The molecule has 0 aromatic heterocycles. The largest absolute Gasteiger partial charge is 0.497 e. The Kier molecular flexibility index (Phi) is 5.54. The third-order valence-corrected chi connectivity index (χ3v) is 6.85. The van der Waals surface area contributed by atoms with Gasteiger partial charge in [0.1, 0.15) is 17.4 Å². The summed E-state index contributed by atoms with van der Waals surface area (Å²) in [5, 5.41) is 0. The van der Waals surface area contributed by atoms with E-state index in [4.69, 9.17) is 9.73 Å². The van der Waals surface area contributed by atoms with Gasteiger partial charge in [-0.3, -0.25) is 9.89 Å². The van der Waals surface area contributed by atoms with Gasteiger partial charge in [-0.05, 0) is 57.0 Å². The van der Waals surface area contributed by atoms with Crippen LogP contribution in [0.25, 0.3) is 0 Å². The SMILES string of the molecule is COc1ccc2c(c1)N(C1=CCC(C)N1C1=NC(C)CC1)c1ccccc1S2.Cl. The molecule has 0 N–H and O–H groups in total. The van der Waals surface area contributed by atoms with Crippen molar-refractivity contribution in [2.75, 3.05) is 12.0 Å². The molecule has 29 heavy (non-hydrogen) atoms. The average molecular weight is 428 g/mol. The van der Waals surface area contributed by atoms with Crippen LogP contribution in [0.15, 0.2) is 69.1 Å². The van der Waals surface area contributed by atoms with Crippen molar-refractivity contribution in [3.05, 3.63) is 54.4 Å². The number of benzene rings is 2. The predicted molar refractivity (Wildman–Crippen MR) is 123 cm³/mol. The van der Waals surface area contributed by atoms with E-state index >= 15 is 0 Å². The molecular formula is C23H26ClN3OS. The molecule has 5 rings (SSSR count). The highest BCUT2D eigenvalue weighted by Gasteiger charge is 2.36. The summed E-state index contributed by atoms with van der Waals surface area (Å²) in [5.41, 5.74) is 2.41. The van der Waals surface area contributed by atoms with Gasteiger partial charge in [0.2, 0.25) is 0 Å². The molecule has 4 nitrogen and oxygen atoms in total. The minimum absolute atomic E-state index is 0. The van der Waals surface area contributed by atoms with E-state index in [0.717, 1.165) is 25.0 Å². The first-order chi connectivity index (χ1) is 13.7. The molecule has 3 aliphatic heterocycles. The number of halogens is 1. The van der Waals surface area contributed by atoms with Crippen molar-refractivity contribution >= 4 is 41.4 Å². The molecule has 3 aliphatic rings. The first-order valence-corrected chi connectivity index (χ1v) is 10.8. The lowest BCUT2D eigenvalue weighted by Gasteiger charge is -2.39. The molecule has 0 spiro atoms. The molecule has 0 aliphatic carbocycles. The summed E-state index contributed by atoms with van der Waals surface area (Å²) in [7, 11) is 1.73.